The summed E-state index contributed by atoms with van der Waals surface area (Å²) in [6.45, 7) is 6.44. The Hall–Kier alpha value is -1.74. The third kappa shape index (κ3) is 4.32. The number of nitrogens with zero attached hydrogens (tertiary/aromatic N) is 1. The molecule has 6 nitrogen and oxygen atoms in total. The fourth-order valence-electron chi connectivity index (χ4n) is 3.05. The first kappa shape index (κ1) is 19.0. The van der Waals surface area contributed by atoms with Crippen molar-refractivity contribution in [2.75, 3.05) is 38.0 Å². The van der Waals surface area contributed by atoms with Crippen LogP contribution in [-0.2, 0) is 14.8 Å². The topological polar surface area (TPSA) is 70.9 Å². The largest absolute Gasteiger partial charge is 0.325 e. The summed E-state index contributed by atoms with van der Waals surface area (Å²) in [4.78, 5) is 13.4. The summed E-state index contributed by atoms with van der Waals surface area (Å²) >= 11 is 1.24. The number of carbonyl (C=O) groups excluding carboxylic acids is 1. The molecule has 1 aromatic carbocycles. The van der Waals surface area contributed by atoms with Crippen molar-refractivity contribution in [1.29, 1.82) is 0 Å². The van der Waals surface area contributed by atoms with Crippen LogP contribution in [0.2, 0.25) is 0 Å². The third-order valence-corrected chi connectivity index (χ3v) is 7.87. The summed E-state index contributed by atoms with van der Waals surface area (Å²) in [5, 5.41) is 4.74. The van der Waals surface area contributed by atoms with Crippen molar-refractivity contribution >= 4 is 33.0 Å². The second-order valence-electron chi connectivity index (χ2n) is 6.63. The Kier molecular flexibility index (Phi) is 5.76. The molecule has 1 saturated heterocycles. The fraction of sp³-hybridized carbons (Fsp3) is 0.389. The number of anilines is 1. The molecule has 1 amide bonds. The highest BCUT2D eigenvalue weighted by atomic mass is 32.2. The van der Waals surface area contributed by atoms with Crippen LogP contribution in [0.5, 0.6) is 0 Å². The number of nitrogens with one attached hydrogen (secondary N) is 2. The van der Waals surface area contributed by atoms with E-state index in [2.05, 4.69) is 5.32 Å². The zero-order valence-corrected chi connectivity index (χ0v) is 16.6. The predicted molar refractivity (Wildman–Crippen MR) is 103 cm³/mol. The minimum Gasteiger partial charge on any atom is -0.325 e. The van der Waals surface area contributed by atoms with Crippen molar-refractivity contribution in [3.63, 3.8) is 0 Å². The Morgan fingerprint density at radius 3 is 2.62 bits per heavy atom. The van der Waals surface area contributed by atoms with Crippen LogP contribution >= 0.6 is 11.3 Å². The van der Waals surface area contributed by atoms with Crippen LogP contribution in [0.25, 0.3) is 0 Å². The quantitative estimate of drug-likeness (QED) is 0.791. The molecule has 3 rings (SSSR count). The molecule has 8 heteroatoms. The van der Waals surface area contributed by atoms with Gasteiger partial charge in [0.15, 0.2) is 6.54 Å². The van der Waals surface area contributed by atoms with Gasteiger partial charge in [0.2, 0.25) is 0 Å². The fourth-order valence-corrected chi connectivity index (χ4v) is 5.64. The number of aryl methyl sites for hydroxylation is 2. The van der Waals surface area contributed by atoms with Crippen LogP contribution in [0.4, 0.5) is 5.69 Å². The lowest BCUT2D eigenvalue weighted by Crippen LogP contribution is -3.15. The minimum absolute atomic E-state index is 0.0386. The number of carbonyl (C=O) groups is 1. The van der Waals surface area contributed by atoms with Gasteiger partial charge in [0.05, 0.1) is 26.2 Å². The zero-order chi connectivity index (χ0) is 18.7. The average Bonchev–Trinajstić information content (AvgIpc) is 3.14. The summed E-state index contributed by atoms with van der Waals surface area (Å²) < 4.78 is 27.0. The lowest BCUT2D eigenvalue weighted by Gasteiger charge is -2.30. The molecule has 0 radical (unpaired) electrons. The number of quaternary nitrogens is 1. The molecule has 2 N–H and O–H groups in total. The Labute approximate surface area is 158 Å². The highest BCUT2D eigenvalue weighted by molar-refractivity contribution is 7.91. The van der Waals surface area contributed by atoms with E-state index in [1.165, 1.54) is 15.6 Å². The smallest absolute Gasteiger partial charge is 0.279 e. The number of piperazine rings is 1. The van der Waals surface area contributed by atoms with Crippen molar-refractivity contribution < 1.29 is 18.1 Å². The van der Waals surface area contributed by atoms with E-state index in [-0.39, 0.29) is 5.91 Å². The van der Waals surface area contributed by atoms with E-state index in [0.29, 0.717) is 36.9 Å². The van der Waals surface area contributed by atoms with Crippen LogP contribution in [0.1, 0.15) is 11.1 Å². The monoisotopic (exact) mass is 394 g/mol. The summed E-state index contributed by atoms with van der Waals surface area (Å²) in [5.41, 5.74) is 2.98. The number of hydrogen-bond acceptors (Lipinski definition) is 4. The average molecular weight is 395 g/mol. The highest BCUT2D eigenvalue weighted by Crippen LogP contribution is 2.20. The predicted octanol–water partition coefficient (Wildman–Crippen LogP) is 0.893. The number of benzene rings is 1. The van der Waals surface area contributed by atoms with E-state index < -0.39 is 10.0 Å². The molecule has 0 aliphatic carbocycles. The van der Waals surface area contributed by atoms with Gasteiger partial charge in [-0.1, -0.05) is 18.2 Å². The van der Waals surface area contributed by atoms with E-state index in [4.69, 9.17) is 0 Å². The molecule has 0 saturated carbocycles. The second kappa shape index (κ2) is 7.87. The van der Waals surface area contributed by atoms with Crippen LogP contribution in [0, 0.1) is 13.8 Å². The molecule has 1 aliphatic heterocycles. The van der Waals surface area contributed by atoms with E-state index in [9.17, 15) is 13.2 Å². The first-order chi connectivity index (χ1) is 12.4. The molecule has 1 aromatic heterocycles. The summed E-state index contributed by atoms with van der Waals surface area (Å²) in [7, 11) is -3.39. The van der Waals surface area contributed by atoms with Gasteiger partial charge in [0.25, 0.3) is 15.9 Å². The molecular formula is C18H24N3O3S2+. The molecule has 0 unspecified atom stereocenters. The Morgan fingerprint density at radius 1 is 1.23 bits per heavy atom. The third-order valence-electron chi connectivity index (χ3n) is 4.60. The summed E-state index contributed by atoms with van der Waals surface area (Å²) in [6, 6.07) is 9.36. The summed E-state index contributed by atoms with van der Waals surface area (Å²) in [5.74, 6) is -0.0386. The molecule has 26 heavy (non-hydrogen) atoms. The van der Waals surface area contributed by atoms with Gasteiger partial charge in [-0.3, -0.25) is 4.79 Å². The zero-order valence-electron chi connectivity index (χ0n) is 15.0. The van der Waals surface area contributed by atoms with E-state index in [1.807, 2.05) is 32.0 Å². The molecule has 2 heterocycles. The van der Waals surface area contributed by atoms with Gasteiger partial charge in [0.1, 0.15) is 4.21 Å². The van der Waals surface area contributed by atoms with Gasteiger partial charge in [0, 0.05) is 5.69 Å². The number of sulfonamides is 1. The highest BCUT2D eigenvalue weighted by Gasteiger charge is 2.31. The van der Waals surface area contributed by atoms with Crippen LogP contribution in [-0.4, -0.2) is 51.4 Å². The van der Waals surface area contributed by atoms with Gasteiger partial charge >= 0.3 is 0 Å². The Morgan fingerprint density at radius 2 is 1.96 bits per heavy atom. The van der Waals surface area contributed by atoms with Crippen molar-refractivity contribution in [1.82, 2.24) is 4.31 Å². The first-order valence-corrected chi connectivity index (χ1v) is 10.9. The number of rotatable bonds is 5. The van der Waals surface area contributed by atoms with Crippen molar-refractivity contribution in [3.8, 4) is 0 Å². The molecule has 0 atom stereocenters. The lowest BCUT2D eigenvalue weighted by molar-refractivity contribution is -0.895. The molecule has 0 spiro atoms. The first-order valence-electron chi connectivity index (χ1n) is 8.60. The Balaban J connectivity index is 1.54. The van der Waals surface area contributed by atoms with Crippen LogP contribution < -0.4 is 10.2 Å². The van der Waals surface area contributed by atoms with Gasteiger partial charge in [-0.2, -0.15) is 4.31 Å². The summed E-state index contributed by atoms with van der Waals surface area (Å²) in [6.07, 6.45) is 0. The molecule has 0 bridgehead atoms. The van der Waals surface area contributed by atoms with Crippen molar-refractivity contribution in [2.45, 2.75) is 18.1 Å². The van der Waals surface area contributed by atoms with E-state index in [1.54, 1.807) is 17.5 Å². The van der Waals surface area contributed by atoms with Crippen molar-refractivity contribution in [3.05, 3.63) is 46.8 Å². The SMILES string of the molecule is Cc1ccc(C)c(NC(=O)C[NH+]2CCN(S(=O)(=O)c3cccs3)CC2)c1. The number of hydrogen-bond donors (Lipinski definition) is 2. The molecule has 1 aliphatic rings. The molecule has 2 aromatic rings. The van der Waals surface area contributed by atoms with Crippen molar-refractivity contribution in [2.24, 2.45) is 0 Å². The van der Waals surface area contributed by atoms with Crippen LogP contribution in [0.3, 0.4) is 0 Å². The standard InChI is InChI=1S/C18H23N3O3S2/c1-14-5-6-15(2)16(12-14)19-17(22)13-20-7-9-21(10-8-20)26(23,24)18-4-3-11-25-18/h3-6,11-12H,7-10,13H2,1-2H3,(H,19,22)/p+1. The maximum atomic E-state index is 12.5. The second-order valence-corrected chi connectivity index (χ2v) is 9.74. The van der Waals surface area contributed by atoms with E-state index in [0.717, 1.165) is 21.7 Å². The normalized spacial score (nSPS) is 16.5. The van der Waals surface area contributed by atoms with Gasteiger partial charge < -0.3 is 10.2 Å². The van der Waals surface area contributed by atoms with Crippen LogP contribution in [0.15, 0.2) is 39.9 Å². The van der Waals surface area contributed by atoms with E-state index >= 15 is 0 Å². The molecule has 1 fully saturated rings. The maximum Gasteiger partial charge on any atom is 0.279 e. The maximum absolute atomic E-state index is 12.5. The lowest BCUT2D eigenvalue weighted by atomic mass is 10.1. The Bertz CT molecular complexity index is 871. The molecular weight excluding hydrogens is 370 g/mol. The van der Waals surface area contributed by atoms with Gasteiger partial charge in [-0.05, 0) is 42.5 Å². The minimum atomic E-state index is -3.39. The number of amides is 1. The number of thiophene rings is 1. The van der Waals surface area contributed by atoms with Gasteiger partial charge in [-0.25, -0.2) is 8.42 Å². The molecule has 140 valence electrons. The van der Waals surface area contributed by atoms with Gasteiger partial charge in [-0.15, -0.1) is 11.3 Å².